The Bertz CT molecular complexity index is 483. The third-order valence-corrected chi connectivity index (χ3v) is 1.73. The zero-order chi connectivity index (χ0) is 8.72. The Hall–Kier alpha value is -1.58. The summed E-state index contributed by atoms with van der Waals surface area (Å²) in [7, 11) is 0. The predicted octanol–water partition coefficient (Wildman–Crippen LogP) is 1.57. The Balaban J connectivity index is 2.99. The van der Waals surface area contributed by atoms with Crippen LogP contribution >= 0.6 is 0 Å². The average Bonchev–Trinajstić information content (AvgIpc) is 2.39. The van der Waals surface area contributed by atoms with Crippen LogP contribution in [-0.4, -0.2) is 4.98 Å². The molecule has 62 valence electrons. The Morgan fingerprint density at radius 1 is 1.50 bits per heavy atom. The van der Waals surface area contributed by atoms with Crippen molar-refractivity contribution in [1.82, 2.24) is 4.98 Å². The fraction of sp³-hybridized carbons (Fsp3) is 0.125. The molecule has 0 fully saturated rings. The van der Waals surface area contributed by atoms with Gasteiger partial charge >= 0.3 is 5.76 Å². The molecule has 1 aromatic carbocycles. The molecule has 4 heteroatoms. The molecule has 1 heterocycles. The lowest BCUT2D eigenvalue weighted by Gasteiger charge is -1.93. The van der Waals surface area contributed by atoms with E-state index in [1.54, 1.807) is 19.1 Å². The first-order valence-electron chi connectivity index (χ1n) is 3.46. The molecule has 1 aromatic heterocycles. The van der Waals surface area contributed by atoms with Crippen molar-refractivity contribution in [1.29, 1.82) is 0 Å². The van der Waals surface area contributed by atoms with Crippen molar-refractivity contribution in [3.63, 3.8) is 0 Å². The molecule has 2 aromatic rings. The number of rotatable bonds is 0. The van der Waals surface area contributed by atoms with E-state index in [1.807, 2.05) is 0 Å². The van der Waals surface area contributed by atoms with E-state index in [2.05, 4.69) is 9.40 Å². The summed E-state index contributed by atoms with van der Waals surface area (Å²) in [6.07, 6.45) is 0. The third kappa shape index (κ3) is 0.845. The molecule has 0 atom stereocenters. The minimum absolute atomic E-state index is 0.139. The highest BCUT2D eigenvalue weighted by Gasteiger charge is 2.07. The number of hydrogen-bond donors (Lipinski definition) is 1. The number of halogens is 1. The highest BCUT2D eigenvalue weighted by molar-refractivity contribution is 5.73. The van der Waals surface area contributed by atoms with Crippen LogP contribution in [0.25, 0.3) is 11.1 Å². The summed E-state index contributed by atoms with van der Waals surface area (Å²) in [4.78, 5) is 12.9. The molecule has 0 aliphatic rings. The molecule has 1 N–H and O–H groups in total. The van der Waals surface area contributed by atoms with Crippen molar-refractivity contribution >= 4 is 11.1 Å². The first-order chi connectivity index (χ1) is 5.68. The van der Waals surface area contributed by atoms with E-state index in [-0.39, 0.29) is 11.1 Å². The summed E-state index contributed by atoms with van der Waals surface area (Å²) in [5.74, 6) is -1.06. The van der Waals surface area contributed by atoms with Crippen LogP contribution in [0.2, 0.25) is 0 Å². The quantitative estimate of drug-likeness (QED) is 0.647. The van der Waals surface area contributed by atoms with Gasteiger partial charge in [0, 0.05) is 0 Å². The second kappa shape index (κ2) is 2.20. The average molecular weight is 167 g/mol. The Kier molecular flexibility index (Phi) is 1.30. The van der Waals surface area contributed by atoms with Crippen molar-refractivity contribution in [3.05, 3.63) is 34.1 Å². The van der Waals surface area contributed by atoms with Crippen molar-refractivity contribution in [2.24, 2.45) is 0 Å². The predicted molar refractivity (Wildman–Crippen MR) is 41.5 cm³/mol. The lowest BCUT2D eigenvalue weighted by Crippen LogP contribution is -1.94. The molecule has 0 amide bonds. The van der Waals surface area contributed by atoms with Crippen molar-refractivity contribution < 1.29 is 8.81 Å². The Labute approximate surface area is 66.8 Å². The molecule has 0 spiro atoms. The molecule has 0 saturated carbocycles. The van der Waals surface area contributed by atoms with Crippen LogP contribution in [0.5, 0.6) is 0 Å². The summed E-state index contributed by atoms with van der Waals surface area (Å²) >= 11 is 0. The molecular weight excluding hydrogens is 161 g/mol. The lowest BCUT2D eigenvalue weighted by molar-refractivity contribution is 0.555. The van der Waals surface area contributed by atoms with E-state index in [0.29, 0.717) is 5.56 Å². The molecule has 0 saturated heterocycles. The molecule has 0 aliphatic carbocycles. The number of benzene rings is 1. The van der Waals surface area contributed by atoms with E-state index >= 15 is 0 Å². The van der Waals surface area contributed by atoms with Gasteiger partial charge in [-0.25, -0.2) is 9.18 Å². The summed E-state index contributed by atoms with van der Waals surface area (Å²) in [5.41, 5.74) is 0.877. The van der Waals surface area contributed by atoms with Gasteiger partial charge in [-0.3, -0.25) is 4.98 Å². The lowest BCUT2D eigenvalue weighted by atomic mass is 10.2. The van der Waals surface area contributed by atoms with E-state index in [9.17, 15) is 9.18 Å². The maximum absolute atomic E-state index is 13.2. The van der Waals surface area contributed by atoms with Crippen LogP contribution in [0.4, 0.5) is 4.39 Å². The number of fused-ring (bicyclic) bond motifs is 1. The standard InChI is InChI=1S/C8H6FNO2/c1-4-2-3-5-7(6(4)9)10-8(11)12-5/h2-3H,1H3,(H,10,11). The number of nitrogens with one attached hydrogen (secondary N) is 1. The maximum atomic E-state index is 13.2. The van der Waals surface area contributed by atoms with Gasteiger partial charge in [-0.05, 0) is 18.6 Å². The normalized spacial score (nSPS) is 10.8. The van der Waals surface area contributed by atoms with Gasteiger partial charge in [-0.1, -0.05) is 6.07 Å². The third-order valence-electron chi connectivity index (χ3n) is 1.73. The minimum Gasteiger partial charge on any atom is -0.408 e. The van der Waals surface area contributed by atoms with E-state index in [4.69, 9.17) is 0 Å². The van der Waals surface area contributed by atoms with Gasteiger partial charge < -0.3 is 4.42 Å². The summed E-state index contributed by atoms with van der Waals surface area (Å²) in [6, 6.07) is 3.13. The maximum Gasteiger partial charge on any atom is 0.417 e. The topological polar surface area (TPSA) is 46.0 Å². The fourth-order valence-electron chi connectivity index (χ4n) is 1.09. The summed E-state index contributed by atoms with van der Waals surface area (Å²) in [6.45, 7) is 1.63. The van der Waals surface area contributed by atoms with Crippen LogP contribution in [-0.2, 0) is 0 Å². The van der Waals surface area contributed by atoms with Crippen LogP contribution in [0.3, 0.4) is 0 Å². The Morgan fingerprint density at radius 2 is 2.25 bits per heavy atom. The molecule has 0 aliphatic heterocycles. The largest absolute Gasteiger partial charge is 0.417 e. The highest BCUT2D eigenvalue weighted by Crippen LogP contribution is 2.16. The number of aromatic amines is 1. The number of aromatic nitrogens is 1. The molecule has 3 nitrogen and oxygen atoms in total. The van der Waals surface area contributed by atoms with Crippen LogP contribution in [0.15, 0.2) is 21.3 Å². The monoisotopic (exact) mass is 167 g/mol. The number of hydrogen-bond acceptors (Lipinski definition) is 2. The number of oxazole rings is 1. The van der Waals surface area contributed by atoms with Gasteiger partial charge in [-0.2, -0.15) is 0 Å². The van der Waals surface area contributed by atoms with Crippen LogP contribution < -0.4 is 5.76 Å². The molecule has 2 rings (SSSR count). The SMILES string of the molecule is Cc1ccc2oc(=O)[nH]c2c1F. The molecular formula is C8H6FNO2. The van der Waals surface area contributed by atoms with Crippen molar-refractivity contribution in [2.45, 2.75) is 6.92 Å². The zero-order valence-corrected chi connectivity index (χ0v) is 6.35. The number of aryl methyl sites for hydroxylation is 1. The first-order valence-corrected chi connectivity index (χ1v) is 3.46. The molecule has 0 bridgehead atoms. The number of H-pyrrole nitrogens is 1. The van der Waals surface area contributed by atoms with E-state index < -0.39 is 11.6 Å². The minimum atomic E-state index is -0.630. The Morgan fingerprint density at radius 3 is 3.00 bits per heavy atom. The van der Waals surface area contributed by atoms with Gasteiger partial charge in [-0.15, -0.1) is 0 Å². The van der Waals surface area contributed by atoms with Crippen molar-refractivity contribution in [3.8, 4) is 0 Å². The summed E-state index contributed by atoms with van der Waals surface area (Å²) in [5, 5.41) is 0. The molecule has 0 radical (unpaired) electrons. The smallest absolute Gasteiger partial charge is 0.408 e. The van der Waals surface area contributed by atoms with E-state index in [1.165, 1.54) is 0 Å². The zero-order valence-electron chi connectivity index (χ0n) is 6.35. The van der Waals surface area contributed by atoms with Gasteiger partial charge in [0.15, 0.2) is 11.4 Å². The van der Waals surface area contributed by atoms with E-state index in [0.717, 1.165) is 0 Å². The van der Waals surface area contributed by atoms with Gasteiger partial charge in [0.25, 0.3) is 0 Å². The summed E-state index contributed by atoms with van der Waals surface area (Å²) < 4.78 is 17.8. The second-order valence-electron chi connectivity index (χ2n) is 2.58. The fourth-order valence-corrected chi connectivity index (χ4v) is 1.09. The van der Waals surface area contributed by atoms with Gasteiger partial charge in [0.1, 0.15) is 5.52 Å². The van der Waals surface area contributed by atoms with Crippen LogP contribution in [0, 0.1) is 12.7 Å². The first kappa shape index (κ1) is 7.09. The van der Waals surface area contributed by atoms with Crippen molar-refractivity contribution in [2.75, 3.05) is 0 Å². The second-order valence-corrected chi connectivity index (χ2v) is 2.58. The van der Waals surface area contributed by atoms with Gasteiger partial charge in [0.2, 0.25) is 0 Å². The molecule has 0 unspecified atom stereocenters. The van der Waals surface area contributed by atoms with Crippen LogP contribution in [0.1, 0.15) is 5.56 Å². The van der Waals surface area contributed by atoms with Gasteiger partial charge in [0.05, 0.1) is 0 Å². The molecule has 12 heavy (non-hydrogen) atoms. The highest BCUT2D eigenvalue weighted by atomic mass is 19.1.